The Morgan fingerprint density at radius 3 is 2.93 bits per heavy atom. The molecule has 0 fully saturated rings. The average molecular weight is 192 g/mol. The van der Waals surface area contributed by atoms with Gasteiger partial charge in [-0.25, -0.2) is 4.39 Å². The molecule has 0 unspecified atom stereocenters. The Hall–Kier alpha value is -1.89. The second kappa shape index (κ2) is 4.38. The molecule has 1 N–H and O–H groups in total. The topological polar surface area (TPSA) is 52.9 Å². The molecule has 0 radical (unpaired) electrons. The maximum absolute atomic E-state index is 12.8. The first-order valence-corrected chi connectivity index (χ1v) is 4.06. The molecule has 0 bridgehead atoms. The van der Waals surface area contributed by atoms with Crippen molar-refractivity contribution in [3.63, 3.8) is 0 Å². The third-order valence-electron chi connectivity index (χ3n) is 1.75. The molecule has 0 heterocycles. The predicted molar refractivity (Wildman–Crippen MR) is 49.1 cm³/mol. The number of nitrogens with one attached hydrogen (secondary N) is 1. The molecule has 0 aliphatic heterocycles. The summed E-state index contributed by atoms with van der Waals surface area (Å²) in [6.07, 6.45) is 0. The van der Waals surface area contributed by atoms with E-state index in [1.54, 1.807) is 13.0 Å². The number of amides is 1. The van der Waals surface area contributed by atoms with Gasteiger partial charge in [-0.2, -0.15) is 5.26 Å². The molecule has 1 rings (SSSR count). The fourth-order valence-electron chi connectivity index (χ4n) is 1.01. The van der Waals surface area contributed by atoms with Crippen LogP contribution in [0.5, 0.6) is 0 Å². The molecule has 0 aliphatic rings. The van der Waals surface area contributed by atoms with Crippen molar-refractivity contribution < 1.29 is 9.18 Å². The number of hydrogen-bond acceptors (Lipinski definition) is 2. The van der Waals surface area contributed by atoms with Crippen LogP contribution in [0.4, 0.5) is 4.39 Å². The molecule has 0 spiro atoms. The van der Waals surface area contributed by atoms with Crippen molar-refractivity contribution in [1.82, 2.24) is 5.32 Å². The second-order valence-corrected chi connectivity index (χ2v) is 2.80. The third-order valence-corrected chi connectivity index (χ3v) is 1.75. The van der Waals surface area contributed by atoms with Gasteiger partial charge in [0.15, 0.2) is 0 Å². The van der Waals surface area contributed by atoms with Gasteiger partial charge in [0.05, 0.1) is 6.07 Å². The normalized spacial score (nSPS) is 9.21. The minimum absolute atomic E-state index is 0.0464. The van der Waals surface area contributed by atoms with E-state index in [1.165, 1.54) is 18.2 Å². The van der Waals surface area contributed by atoms with Crippen molar-refractivity contribution in [3.05, 3.63) is 35.1 Å². The molecule has 0 aliphatic carbocycles. The SMILES string of the molecule is Cc1cc(C(=O)NCC#N)ccc1F. The molecule has 0 saturated heterocycles. The third kappa shape index (κ3) is 2.30. The van der Waals surface area contributed by atoms with Crippen LogP contribution < -0.4 is 5.32 Å². The molecule has 1 aromatic carbocycles. The first-order chi connectivity index (χ1) is 6.65. The molecule has 1 aromatic rings. The van der Waals surface area contributed by atoms with E-state index in [1.807, 2.05) is 0 Å². The lowest BCUT2D eigenvalue weighted by atomic mass is 10.1. The van der Waals surface area contributed by atoms with E-state index in [0.717, 1.165) is 0 Å². The predicted octanol–water partition coefficient (Wildman–Crippen LogP) is 1.39. The molecule has 14 heavy (non-hydrogen) atoms. The molecule has 0 saturated carbocycles. The fourth-order valence-corrected chi connectivity index (χ4v) is 1.01. The van der Waals surface area contributed by atoms with Crippen LogP contribution in [0.15, 0.2) is 18.2 Å². The zero-order chi connectivity index (χ0) is 10.6. The van der Waals surface area contributed by atoms with Crippen LogP contribution >= 0.6 is 0 Å². The minimum Gasteiger partial charge on any atom is -0.339 e. The van der Waals surface area contributed by atoms with Gasteiger partial charge in [0.1, 0.15) is 12.4 Å². The van der Waals surface area contributed by atoms with Crippen molar-refractivity contribution in [2.75, 3.05) is 6.54 Å². The molecule has 0 atom stereocenters. The molecule has 72 valence electrons. The molecule has 0 aromatic heterocycles. The highest BCUT2D eigenvalue weighted by atomic mass is 19.1. The van der Waals surface area contributed by atoms with Gasteiger partial charge in [0.25, 0.3) is 5.91 Å². The summed E-state index contributed by atoms with van der Waals surface area (Å²) < 4.78 is 12.8. The maximum atomic E-state index is 12.8. The van der Waals surface area contributed by atoms with Crippen LogP contribution in [0.2, 0.25) is 0 Å². The van der Waals surface area contributed by atoms with E-state index >= 15 is 0 Å². The number of nitrogens with zero attached hydrogens (tertiary/aromatic N) is 1. The summed E-state index contributed by atoms with van der Waals surface area (Å²) in [5.41, 5.74) is 0.772. The largest absolute Gasteiger partial charge is 0.339 e. The Labute approximate surface area is 81.2 Å². The van der Waals surface area contributed by atoms with E-state index in [4.69, 9.17) is 5.26 Å². The second-order valence-electron chi connectivity index (χ2n) is 2.80. The number of rotatable bonds is 2. The van der Waals surface area contributed by atoms with Crippen LogP contribution in [-0.2, 0) is 0 Å². The van der Waals surface area contributed by atoms with Gasteiger partial charge >= 0.3 is 0 Å². The molecule has 3 nitrogen and oxygen atoms in total. The highest BCUT2D eigenvalue weighted by Gasteiger charge is 2.06. The Kier molecular flexibility index (Phi) is 3.19. The average Bonchev–Trinajstić information content (AvgIpc) is 2.18. The van der Waals surface area contributed by atoms with Crippen molar-refractivity contribution in [1.29, 1.82) is 5.26 Å². The van der Waals surface area contributed by atoms with Crippen LogP contribution in [0.1, 0.15) is 15.9 Å². The van der Waals surface area contributed by atoms with Gasteiger partial charge in [-0.05, 0) is 30.7 Å². The summed E-state index contributed by atoms with van der Waals surface area (Å²) in [5.74, 6) is -0.712. The number of benzene rings is 1. The van der Waals surface area contributed by atoms with Gasteiger partial charge in [0, 0.05) is 5.56 Å². The Morgan fingerprint density at radius 1 is 1.64 bits per heavy atom. The van der Waals surface area contributed by atoms with Gasteiger partial charge in [0.2, 0.25) is 0 Å². The van der Waals surface area contributed by atoms with Crippen LogP contribution in [-0.4, -0.2) is 12.5 Å². The van der Waals surface area contributed by atoms with Crippen molar-refractivity contribution in [2.45, 2.75) is 6.92 Å². The van der Waals surface area contributed by atoms with Gasteiger partial charge < -0.3 is 5.32 Å². The molecule has 4 heteroatoms. The monoisotopic (exact) mass is 192 g/mol. The zero-order valence-electron chi connectivity index (χ0n) is 7.67. The highest BCUT2D eigenvalue weighted by molar-refractivity contribution is 5.94. The van der Waals surface area contributed by atoms with E-state index < -0.39 is 0 Å². The summed E-state index contributed by atoms with van der Waals surface area (Å²) >= 11 is 0. The van der Waals surface area contributed by atoms with Gasteiger partial charge in [-0.15, -0.1) is 0 Å². The quantitative estimate of drug-likeness (QED) is 0.720. The Bertz CT molecular complexity index is 396. The Morgan fingerprint density at radius 2 is 2.36 bits per heavy atom. The first-order valence-electron chi connectivity index (χ1n) is 4.06. The van der Waals surface area contributed by atoms with E-state index in [9.17, 15) is 9.18 Å². The summed E-state index contributed by atoms with van der Waals surface area (Å²) in [4.78, 5) is 11.3. The van der Waals surface area contributed by atoms with Gasteiger partial charge in [-0.1, -0.05) is 0 Å². The van der Waals surface area contributed by atoms with Gasteiger partial charge in [-0.3, -0.25) is 4.79 Å². The van der Waals surface area contributed by atoms with E-state index in [-0.39, 0.29) is 18.3 Å². The molecular weight excluding hydrogens is 183 g/mol. The van der Waals surface area contributed by atoms with Crippen LogP contribution in [0.25, 0.3) is 0 Å². The van der Waals surface area contributed by atoms with Crippen molar-refractivity contribution >= 4 is 5.91 Å². The number of nitriles is 1. The summed E-state index contributed by atoms with van der Waals surface area (Å²) in [6.45, 7) is 1.53. The van der Waals surface area contributed by atoms with E-state index in [0.29, 0.717) is 11.1 Å². The smallest absolute Gasteiger partial charge is 0.252 e. The number of aryl methyl sites for hydroxylation is 1. The van der Waals surface area contributed by atoms with Crippen LogP contribution in [0.3, 0.4) is 0 Å². The summed E-state index contributed by atoms with van der Waals surface area (Å²) in [5, 5.41) is 10.6. The van der Waals surface area contributed by atoms with Crippen molar-refractivity contribution in [3.8, 4) is 6.07 Å². The number of carbonyl (C=O) groups is 1. The summed E-state index contributed by atoms with van der Waals surface area (Å²) in [6, 6.07) is 5.85. The van der Waals surface area contributed by atoms with Crippen molar-refractivity contribution in [2.24, 2.45) is 0 Å². The zero-order valence-corrected chi connectivity index (χ0v) is 7.67. The number of carbonyl (C=O) groups excluding carboxylic acids is 1. The lowest BCUT2D eigenvalue weighted by Gasteiger charge is -2.02. The Balaban J connectivity index is 2.82. The lowest BCUT2D eigenvalue weighted by Crippen LogP contribution is -2.23. The molecular formula is C10H9FN2O. The van der Waals surface area contributed by atoms with E-state index in [2.05, 4.69) is 5.32 Å². The number of halogens is 1. The standard InChI is InChI=1S/C10H9FN2O/c1-7-6-8(2-3-9(7)11)10(14)13-5-4-12/h2-3,6H,5H2,1H3,(H,13,14). The minimum atomic E-state index is -0.366. The highest BCUT2D eigenvalue weighted by Crippen LogP contribution is 2.08. The number of hydrogen-bond donors (Lipinski definition) is 1. The summed E-state index contributed by atoms with van der Waals surface area (Å²) in [7, 11) is 0. The lowest BCUT2D eigenvalue weighted by molar-refractivity contribution is 0.0958. The van der Waals surface area contributed by atoms with Crippen LogP contribution in [0, 0.1) is 24.1 Å². The first kappa shape index (κ1) is 10.2. The fraction of sp³-hybridized carbons (Fsp3) is 0.200. The molecule has 1 amide bonds. The maximum Gasteiger partial charge on any atom is 0.252 e.